The van der Waals surface area contributed by atoms with Crippen molar-refractivity contribution >= 4 is 26.0 Å². The molecule has 0 aliphatic carbocycles. The Labute approximate surface area is 136 Å². The molecule has 1 aromatic rings. The molecule has 1 heterocycles. The summed E-state index contributed by atoms with van der Waals surface area (Å²) in [4.78, 5) is 2.76. The molecule has 1 N–H and O–H groups in total. The van der Waals surface area contributed by atoms with Crippen LogP contribution in [0.2, 0.25) is 0 Å². The standard InChI is InChI=1S/C15H23BrN2O2S/c1-13-6-2-3-10-18(13)11-5-9-17-21(19,20)15-8-4-7-14(16)12-15/h4,7-8,12-13,17H,2-3,5-6,9-11H2,1H3. The molecule has 1 aliphatic rings. The number of nitrogens with one attached hydrogen (secondary N) is 1. The minimum absolute atomic E-state index is 0.309. The molecular weight excluding hydrogens is 352 g/mol. The Balaban J connectivity index is 1.80. The number of sulfonamides is 1. The molecule has 1 saturated heterocycles. The lowest BCUT2D eigenvalue weighted by molar-refractivity contribution is 0.159. The van der Waals surface area contributed by atoms with Crippen LogP contribution in [0.4, 0.5) is 0 Å². The third-order valence-corrected chi connectivity index (χ3v) is 5.91. The number of nitrogens with zero attached hydrogens (tertiary/aromatic N) is 1. The first-order valence-electron chi connectivity index (χ1n) is 7.48. The molecule has 0 saturated carbocycles. The molecule has 0 bridgehead atoms. The van der Waals surface area contributed by atoms with Crippen LogP contribution in [0.1, 0.15) is 32.6 Å². The Bertz CT molecular complexity index is 563. The smallest absolute Gasteiger partial charge is 0.240 e. The average molecular weight is 375 g/mol. The molecule has 0 amide bonds. The molecule has 118 valence electrons. The molecule has 1 aromatic carbocycles. The minimum atomic E-state index is -3.40. The Morgan fingerprint density at radius 3 is 2.90 bits per heavy atom. The highest BCUT2D eigenvalue weighted by Gasteiger charge is 2.18. The third-order valence-electron chi connectivity index (χ3n) is 3.96. The van der Waals surface area contributed by atoms with Crippen LogP contribution in [0.3, 0.4) is 0 Å². The summed E-state index contributed by atoms with van der Waals surface area (Å²) >= 11 is 3.30. The van der Waals surface area contributed by atoms with Crippen molar-refractivity contribution in [1.29, 1.82) is 0 Å². The fourth-order valence-corrected chi connectivity index (χ4v) is 4.37. The highest BCUT2D eigenvalue weighted by atomic mass is 79.9. The quantitative estimate of drug-likeness (QED) is 0.778. The molecule has 0 radical (unpaired) electrons. The Hall–Kier alpha value is -0.430. The molecule has 1 aliphatic heterocycles. The summed E-state index contributed by atoms with van der Waals surface area (Å²) < 4.78 is 27.8. The summed E-state index contributed by atoms with van der Waals surface area (Å²) in [7, 11) is -3.40. The second-order valence-electron chi connectivity index (χ2n) is 5.59. The van der Waals surface area contributed by atoms with Crippen LogP contribution >= 0.6 is 15.9 Å². The number of piperidine rings is 1. The van der Waals surface area contributed by atoms with E-state index in [0.717, 1.165) is 24.0 Å². The Kier molecular flexibility index (Phi) is 6.22. The van der Waals surface area contributed by atoms with Gasteiger partial charge in [-0.15, -0.1) is 0 Å². The van der Waals surface area contributed by atoms with Crippen molar-refractivity contribution in [2.24, 2.45) is 0 Å². The van der Waals surface area contributed by atoms with E-state index in [9.17, 15) is 8.42 Å². The zero-order chi connectivity index (χ0) is 15.3. The van der Waals surface area contributed by atoms with Gasteiger partial charge in [-0.25, -0.2) is 13.1 Å². The van der Waals surface area contributed by atoms with Crippen molar-refractivity contribution < 1.29 is 8.42 Å². The van der Waals surface area contributed by atoms with Crippen LogP contribution in [0.5, 0.6) is 0 Å². The van der Waals surface area contributed by atoms with E-state index in [-0.39, 0.29) is 0 Å². The van der Waals surface area contributed by atoms with Gasteiger partial charge >= 0.3 is 0 Å². The lowest BCUT2D eigenvalue weighted by atomic mass is 10.0. The van der Waals surface area contributed by atoms with Crippen molar-refractivity contribution in [3.63, 3.8) is 0 Å². The maximum atomic E-state index is 12.2. The molecule has 6 heteroatoms. The molecule has 4 nitrogen and oxygen atoms in total. The van der Waals surface area contributed by atoms with Crippen molar-refractivity contribution in [1.82, 2.24) is 9.62 Å². The summed E-state index contributed by atoms with van der Waals surface area (Å²) in [5.41, 5.74) is 0. The second-order valence-corrected chi connectivity index (χ2v) is 8.27. The van der Waals surface area contributed by atoms with Gasteiger partial charge in [0.1, 0.15) is 0 Å². The van der Waals surface area contributed by atoms with Gasteiger partial charge in [-0.05, 0) is 57.5 Å². The van der Waals surface area contributed by atoms with E-state index < -0.39 is 10.0 Å². The molecule has 1 fully saturated rings. The van der Waals surface area contributed by atoms with Crippen LogP contribution < -0.4 is 4.72 Å². The van der Waals surface area contributed by atoms with Gasteiger partial charge in [0, 0.05) is 17.1 Å². The predicted octanol–water partition coefficient (Wildman–Crippen LogP) is 2.99. The normalized spacial score (nSPS) is 20.6. The van der Waals surface area contributed by atoms with Crippen LogP contribution in [-0.4, -0.2) is 39.0 Å². The van der Waals surface area contributed by atoms with Crippen LogP contribution in [0, 0.1) is 0 Å². The zero-order valence-electron chi connectivity index (χ0n) is 12.4. The Morgan fingerprint density at radius 2 is 2.19 bits per heavy atom. The third kappa shape index (κ3) is 5.06. The maximum Gasteiger partial charge on any atom is 0.240 e. The summed E-state index contributed by atoms with van der Waals surface area (Å²) in [5.74, 6) is 0. The van der Waals surface area contributed by atoms with Crippen molar-refractivity contribution in [3.05, 3.63) is 28.7 Å². The molecule has 1 unspecified atom stereocenters. The molecule has 1 atom stereocenters. The van der Waals surface area contributed by atoms with Crippen molar-refractivity contribution in [2.45, 2.75) is 43.5 Å². The first-order valence-corrected chi connectivity index (χ1v) is 9.76. The summed E-state index contributed by atoms with van der Waals surface area (Å²) in [6, 6.07) is 7.40. The first kappa shape index (κ1) is 16.9. The SMILES string of the molecule is CC1CCCCN1CCCNS(=O)(=O)c1cccc(Br)c1. The van der Waals surface area contributed by atoms with E-state index in [4.69, 9.17) is 0 Å². The average Bonchev–Trinajstić information content (AvgIpc) is 2.45. The van der Waals surface area contributed by atoms with Crippen LogP contribution in [0.25, 0.3) is 0 Å². The first-order chi connectivity index (χ1) is 9.99. The van der Waals surface area contributed by atoms with E-state index in [1.165, 1.54) is 19.3 Å². The van der Waals surface area contributed by atoms with Crippen molar-refractivity contribution in [2.75, 3.05) is 19.6 Å². The van der Waals surface area contributed by atoms with Gasteiger partial charge < -0.3 is 4.90 Å². The molecule has 2 rings (SSSR count). The van der Waals surface area contributed by atoms with Gasteiger partial charge in [0.2, 0.25) is 10.0 Å². The topological polar surface area (TPSA) is 49.4 Å². The maximum absolute atomic E-state index is 12.2. The van der Waals surface area contributed by atoms with E-state index in [1.54, 1.807) is 18.2 Å². The molecular formula is C15H23BrN2O2S. The number of rotatable bonds is 6. The number of hydrogen-bond acceptors (Lipinski definition) is 3. The lowest BCUT2D eigenvalue weighted by Gasteiger charge is -2.33. The van der Waals surface area contributed by atoms with E-state index >= 15 is 0 Å². The van der Waals surface area contributed by atoms with Crippen molar-refractivity contribution in [3.8, 4) is 0 Å². The number of likely N-dealkylation sites (tertiary alicyclic amines) is 1. The minimum Gasteiger partial charge on any atom is -0.301 e. The monoisotopic (exact) mass is 374 g/mol. The Morgan fingerprint density at radius 1 is 1.38 bits per heavy atom. The molecule has 21 heavy (non-hydrogen) atoms. The largest absolute Gasteiger partial charge is 0.301 e. The second kappa shape index (κ2) is 7.72. The predicted molar refractivity (Wildman–Crippen MR) is 88.8 cm³/mol. The van der Waals surface area contributed by atoms with E-state index in [0.29, 0.717) is 17.5 Å². The fraction of sp³-hybridized carbons (Fsp3) is 0.600. The number of hydrogen-bond donors (Lipinski definition) is 1. The molecule has 0 spiro atoms. The van der Waals surface area contributed by atoms with Crippen LogP contribution in [-0.2, 0) is 10.0 Å². The van der Waals surface area contributed by atoms with E-state index in [1.807, 2.05) is 6.07 Å². The van der Waals surface area contributed by atoms with Gasteiger partial charge in [-0.3, -0.25) is 0 Å². The summed E-state index contributed by atoms with van der Waals surface area (Å²) in [6.45, 7) is 4.84. The summed E-state index contributed by atoms with van der Waals surface area (Å²) in [5, 5.41) is 0. The van der Waals surface area contributed by atoms with E-state index in [2.05, 4.69) is 32.5 Å². The van der Waals surface area contributed by atoms with Gasteiger partial charge in [-0.2, -0.15) is 0 Å². The van der Waals surface area contributed by atoms with Gasteiger partial charge in [0.25, 0.3) is 0 Å². The van der Waals surface area contributed by atoms with Crippen LogP contribution in [0.15, 0.2) is 33.6 Å². The van der Waals surface area contributed by atoms with Gasteiger partial charge in [-0.1, -0.05) is 28.4 Å². The fourth-order valence-electron chi connectivity index (χ4n) is 2.70. The number of benzene rings is 1. The van der Waals surface area contributed by atoms with Gasteiger partial charge in [0.15, 0.2) is 0 Å². The summed E-state index contributed by atoms with van der Waals surface area (Å²) in [6.07, 6.45) is 4.67. The van der Waals surface area contributed by atoms with Gasteiger partial charge in [0.05, 0.1) is 4.90 Å². The zero-order valence-corrected chi connectivity index (χ0v) is 14.8. The lowest BCUT2D eigenvalue weighted by Crippen LogP contribution is -2.39. The number of halogens is 1. The highest BCUT2D eigenvalue weighted by Crippen LogP contribution is 2.17. The highest BCUT2D eigenvalue weighted by molar-refractivity contribution is 9.10. The molecule has 0 aromatic heterocycles.